The van der Waals surface area contributed by atoms with E-state index < -0.39 is 0 Å². The molecule has 0 atom stereocenters. The first-order valence-electron chi connectivity index (χ1n) is 6.59. The fourth-order valence-corrected chi connectivity index (χ4v) is 2.13. The maximum atomic E-state index is 4.14. The molecule has 1 N–H and O–H groups in total. The summed E-state index contributed by atoms with van der Waals surface area (Å²) in [5.41, 5.74) is 0. The number of nitrogens with one attached hydrogen (secondary N) is 1. The zero-order valence-corrected chi connectivity index (χ0v) is 12.0. The summed E-state index contributed by atoms with van der Waals surface area (Å²) >= 11 is 1.69. The van der Waals surface area contributed by atoms with E-state index in [1.807, 2.05) is 7.05 Å². The van der Waals surface area contributed by atoms with Crippen molar-refractivity contribution in [1.82, 2.24) is 5.32 Å². The third-order valence-electron chi connectivity index (χ3n) is 2.70. The average molecular weight is 244 g/mol. The molecule has 0 aromatic heterocycles. The number of unbranched alkanes of at least 4 members (excludes halogenated alkanes) is 7. The van der Waals surface area contributed by atoms with Crippen molar-refractivity contribution in [2.75, 3.05) is 19.8 Å². The highest BCUT2D eigenvalue weighted by Crippen LogP contribution is 2.08. The van der Waals surface area contributed by atoms with Crippen LogP contribution in [-0.2, 0) is 0 Å². The number of nitrogens with zero attached hydrogens (tertiary/aromatic N) is 1. The lowest BCUT2D eigenvalue weighted by molar-refractivity contribution is 0.573. The van der Waals surface area contributed by atoms with Crippen LogP contribution in [0.5, 0.6) is 0 Å². The number of amidine groups is 1. The van der Waals surface area contributed by atoms with Crippen LogP contribution < -0.4 is 5.32 Å². The fourth-order valence-electron chi connectivity index (χ4n) is 1.70. The fraction of sp³-hybridized carbons (Fsp3) is 0.923. The van der Waals surface area contributed by atoms with Gasteiger partial charge >= 0.3 is 0 Å². The molecule has 0 saturated heterocycles. The Morgan fingerprint density at radius 3 is 2.06 bits per heavy atom. The van der Waals surface area contributed by atoms with E-state index in [0.717, 1.165) is 11.7 Å². The average Bonchev–Trinajstić information content (AvgIpc) is 2.32. The Morgan fingerprint density at radius 1 is 1.00 bits per heavy atom. The molecule has 16 heavy (non-hydrogen) atoms. The van der Waals surface area contributed by atoms with Crippen molar-refractivity contribution in [2.45, 2.75) is 58.3 Å². The molecule has 3 heteroatoms. The highest BCUT2D eigenvalue weighted by molar-refractivity contribution is 8.13. The van der Waals surface area contributed by atoms with Gasteiger partial charge in [0, 0.05) is 13.6 Å². The molecule has 0 spiro atoms. The summed E-state index contributed by atoms with van der Waals surface area (Å²) < 4.78 is 0. The molecule has 0 saturated carbocycles. The molecule has 0 unspecified atom stereocenters. The van der Waals surface area contributed by atoms with Crippen LogP contribution in [0.2, 0.25) is 0 Å². The summed E-state index contributed by atoms with van der Waals surface area (Å²) in [7, 11) is 1.84. The lowest BCUT2D eigenvalue weighted by Crippen LogP contribution is -2.21. The lowest BCUT2D eigenvalue weighted by Gasteiger charge is -2.06. The summed E-state index contributed by atoms with van der Waals surface area (Å²) in [5, 5.41) is 4.40. The second-order valence-electron chi connectivity index (χ2n) is 4.13. The van der Waals surface area contributed by atoms with Crippen LogP contribution in [0.1, 0.15) is 58.3 Å². The second kappa shape index (κ2) is 12.9. The van der Waals surface area contributed by atoms with Gasteiger partial charge in [-0.3, -0.25) is 4.99 Å². The first-order chi connectivity index (χ1) is 7.85. The number of hydrogen-bond donors (Lipinski definition) is 1. The molecular formula is C13H28N2S. The molecule has 0 bridgehead atoms. The van der Waals surface area contributed by atoms with E-state index in [0.29, 0.717) is 0 Å². The molecule has 0 rings (SSSR count). The third-order valence-corrected chi connectivity index (χ3v) is 3.42. The summed E-state index contributed by atoms with van der Waals surface area (Å²) in [6, 6.07) is 0. The van der Waals surface area contributed by atoms with Crippen molar-refractivity contribution < 1.29 is 0 Å². The van der Waals surface area contributed by atoms with Gasteiger partial charge < -0.3 is 5.32 Å². The van der Waals surface area contributed by atoms with Gasteiger partial charge in [0.15, 0.2) is 5.17 Å². The van der Waals surface area contributed by atoms with Crippen LogP contribution >= 0.6 is 11.8 Å². The van der Waals surface area contributed by atoms with Crippen molar-refractivity contribution in [3.8, 4) is 0 Å². The quantitative estimate of drug-likeness (QED) is 0.376. The van der Waals surface area contributed by atoms with Gasteiger partial charge in [0.2, 0.25) is 0 Å². The van der Waals surface area contributed by atoms with E-state index in [4.69, 9.17) is 0 Å². The molecule has 96 valence electrons. The molecule has 0 aliphatic carbocycles. The smallest absolute Gasteiger partial charge is 0.155 e. The maximum absolute atomic E-state index is 4.14. The molecular weight excluding hydrogens is 216 g/mol. The molecule has 0 fully saturated rings. The Kier molecular flexibility index (Phi) is 12.7. The predicted octanol–water partition coefficient (Wildman–Crippen LogP) is 4.07. The standard InChI is InChI=1S/C13H28N2S/c1-4-5-6-7-8-9-10-11-12-15-13(14-2)16-3/h4-12H2,1-3H3,(H,14,15). The normalized spacial score (nSPS) is 11.8. The van der Waals surface area contributed by atoms with Gasteiger partial charge in [0.05, 0.1) is 0 Å². The molecule has 0 aliphatic heterocycles. The van der Waals surface area contributed by atoms with E-state index in [1.54, 1.807) is 11.8 Å². The van der Waals surface area contributed by atoms with Crippen molar-refractivity contribution in [2.24, 2.45) is 4.99 Å². The Labute approximate surface area is 106 Å². The highest BCUT2D eigenvalue weighted by Gasteiger charge is 1.94. The number of thioether (sulfide) groups is 1. The molecule has 0 aromatic carbocycles. The van der Waals surface area contributed by atoms with Crippen LogP contribution in [0.4, 0.5) is 0 Å². The van der Waals surface area contributed by atoms with Crippen molar-refractivity contribution >= 4 is 16.9 Å². The van der Waals surface area contributed by atoms with Crippen molar-refractivity contribution in [3.63, 3.8) is 0 Å². The zero-order chi connectivity index (χ0) is 12.1. The van der Waals surface area contributed by atoms with Crippen LogP contribution in [0, 0.1) is 0 Å². The third kappa shape index (κ3) is 10.3. The molecule has 0 aromatic rings. The lowest BCUT2D eigenvalue weighted by atomic mass is 10.1. The van der Waals surface area contributed by atoms with Gasteiger partial charge in [-0.15, -0.1) is 0 Å². The summed E-state index contributed by atoms with van der Waals surface area (Å²) in [4.78, 5) is 4.14. The second-order valence-corrected chi connectivity index (χ2v) is 4.93. The Hall–Kier alpha value is -0.180. The predicted molar refractivity (Wildman–Crippen MR) is 77.5 cm³/mol. The van der Waals surface area contributed by atoms with E-state index in [1.165, 1.54) is 51.4 Å². The van der Waals surface area contributed by atoms with Crippen LogP contribution in [0.25, 0.3) is 0 Å². The molecule has 0 radical (unpaired) electrons. The number of hydrogen-bond acceptors (Lipinski definition) is 2. The Bertz CT molecular complexity index is 169. The van der Waals surface area contributed by atoms with E-state index in [9.17, 15) is 0 Å². The minimum atomic E-state index is 1.06. The minimum absolute atomic E-state index is 1.06. The topological polar surface area (TPSA) is 24.4 Å². The SMILES string of the molecule is CCCCCCCCCCNC(=NC)SC. The zero-order valence-electron chi connectivity index (χ0n) is 11.2. The number of aliphatic imine (C=N–C) groups is 1. The van der Waals surface area contributed by atoms with Crippen molar-refractivity contribution in [1.29, 1.82) is 0 Å². The van der Waals surface area contributed by atoms with Gasteiger partial charge in [-0.25, -0.2) is 0 Å². The monoisotopic (exact) mass is 244 g/mol. The van der Waals surface area contributed by atoms with E-state index in [-0.39, 0.29) is 0 Å². The van der Waals surface area contributed by atoms with Gasteiger partial charge in [-0.1, -0.05) is 63.6 Å². The minimum Gasteiger partial charge on any atom is -0.365 e. The summed E-state index contributed by atoms with van der Waals surface area (Å²) in [6.45, 7) is 3.34. The molecule has 0 aliphatic rings. The number of rotatable bonds is 9. The molecule has 0 amide bonds. The first kappa shape index (κ1) is 15.8. The van der Waals surface area contributed by atoms with Crippen LogP contribution in [-0.4, -0.2) is 25.0 Å². The van der Waals surface area contributed by atoms with Gasteiger partial charge in [-0.05, 0) is 12.7 Å². The van der Waals surface area contributed by atoms with Crippen LogP contribution in [0.15, 0.2) is 4.99 Å². The molecule has 2 nitrogen and oxygen atoms in total. The van der Waals surface area contributed by atoms with E-state index in [2.05, 4.69) is 23.5 Å². The largest absolute Gasteiger partial charge is 0.365 e. The highest BCUT2D eigenvalue weighted by atomic mass is 32.2. The van der Waals surface area contributed by atoms with Gasteiger partial charge in [-0.2, -0.15) is 0 Å². The Balaban J connectivity index is 3.09. The first-order valence-corrected chi connectivity index (χ1v) is 7.82. The van der Waals surface area contributed by atoms with Gasteiger partial charge in [0.25, 0.3) is 0 Å². The van der Waals surface area contributed by atoms with Crippen LogP contribution in [0.3, 0.4) is 0 Å². The summed E-state index contributed by atoms with van der Waals surface area (Å²) in [5.74, 6) is 0. The molecule has 0 heterocycles. The maximum Gasteiger partial charge on any atom is 0.155 e. The Morgan fingerprint density at radius 2 is 1.56 bits per heavy atom. The summed E-state index contributed by atoms with van der Waals surface area (Å²) in [6.07, 6.45) is 13.1. The van der Waals surface area contributed by atoms with E-state index >= 15 is 0 Å². The van der Waals surface area contributed by atoms with Crippen molar-refractivity contribution in [3.05, 3.63) is 0 Å². The van der Waals surface area contributed by atoms with Gasteiger partial charge in [0.1, 0.15) is 0 Å².